The van der Waals surface area contributed by atoms with Gasteiger partial charge in [-0.15, -0.1) is 12.4 Å². The van der Waals surface area contributed by atoms with Crippen LogP contribution in [0.3, 0.4) is 0 Å². The second-order valence-corrected chi connectivity index (χ2v) is 5.08. The van der Waals surface area contributed by atoms with Crippen molar-refractivity contribution in [2.45, 2.75) is 0 Å². The minimum absolute atomic E-state index is 0. The molecule has 2 aromatic rings. The molecule has 18 heavy (non-hydrogen) atoms. The van der Waals surface area contributed by atoms with Crippen LogP contribution in [-0.2, 0) is 0 Å². The molecule has 0 atom stereocenters. The standard InChI is InChI=1S/C13H14BrN3.ClH/c14-11-9-10-3-1-2-4-12(10)16-13(11)17-7-5-15-6-8-17;/h1-4,9,15H,5-8H2;1H. The third-order valence-electron chi connectivity index (χ3n) is 3.08. The highest BCUT2D eigenvalue weighted by molar-refractivity contribution is 9.10. The van der Waals surface area contributed by atoms with Crippen molar-refractivity contribution >= 4 is 45.1 Å². The zero-order valence-electron chi connectivity index (χ0n) is 9.90. The van der Waals surface area contributed by atoms with Crippen molar-refractivity contribution in [3.63, 3.8) is 0 Å². The summed E-state index contributed by atoms with van der Waals surface area (Å²) in [6, 6.07) is 10.4. The molecule has 96 valence electrons. The highest BCUT2D eigenvalue weighted by Crippen LogP contribution is 2.28. The number of rotatable bonds is 1. The Labute approximate surface area is 121 Å². The van der Waals surface area contributed by atoms with Gasteiger partial charge in [0.05, 0.1) is 9.99 Å². The molecule has 1 N–H and O–H groups in total. The van der Waals surface area contributed by atoms with Crippen molar-refractivity contribution in [3.05, 3.63) is 34.8 Å². The number of hydrogen-bond acceptors (Lipinski definition) is 3. The number of piperazine rings is 1. The van der Waals surface area contributed by atoms with Crippen LogP contribution in [0, 0.1) is 0 Å². The number of anilines is 1. The highest BCUT2D eigenvalue weighted by atomic mass is 79.9. The molecular weight excluding hydrogens is 314 g/mol. The molecule has 1 aromatic carbocycles. The quantitative estimate of drug-likeness (QED) is 0.872. The lowest BCUT2D eigenvalue weighted by Gasteiger charge is -2.29. The van der Waals surface area contributed by atoms with Gasteiger partial charge in [-0.2, -0.15) is 0 Å². The molecule has 0 saturated carbocycles. The van der Waals surface area contributed by atoms with Gasteiger partial charge in [0.25, 0.3) is 0 Å². The van der Waals surface area contributed by atoms with Crippen LogP contribution in [0.25, 0.3) is 10.9 Å². The molecule has 0 radical (unpaired) electrons. The van der Waals surface area contributed by atoms with Crippen molar-refractivity contribution in [1.29, 1.82) is 0 Å². The average molecular weight is 329 g/mol. The molecule has 0 aliphatic carbocycles. The molecule has 5 heteroatoms. The van der Waals surface area contributed by atoms with E-state index in [0.29, 0.717) is 0 Å². The average Bonchev–Trinajstić information content (AvgIpc) is 2.39. The molecule has 0 amide bonds. The Morgan fingerprint density at radius 1 is 1.17 bits per heavy atom. The monoisotopic (exact) mass is 327 g/mol. The summed E-state index contributed by atoms with van der Waals surface area (Å²) in [4.78, 5) is 7.08. The molecule has 3 nitrogen and oxygen atoms in total. The van der Waals surface area contributed by atoms with E-state index in [2.05, 4.69) is 44.3 Å². The maximum absolute atomic E-state index is 4.75. The molecule has 0 bridgehead atoms. The molecule has 0 unspecified atom stereocenters. The van der Waals surface area contributed by atoms with Gasteiger partial charge in [-0.1, -0.05) is 18.2 Å². The van der Waals surface area contributed by atoms with Gasteiger partial charge >= 0.3 is 0 Å². The zero-order valence-corrected chi connectivity index (χ0v) is 12.3. The van der Waals surface area contributed by atoms with E-state index in [1.54, 1.807) is 0 Å². The van der Waals surface area contributed by atoms with E-state index < -0.39 is 0 Å². The van der Waals surface area contributed by atoms with Gasteiger partial charge in [0.2, 0.25) is 0 Å². The van der Waals surface area contributed by atoms with E-state index in [9.17, 15) is 0 Å². The number of nitrogens with one attached hydrogen (secondary N) is 1. The van der Waals surface area contributed by atoms with Crippen LogP contribution in [0.1, 0.15) is 0 Å². The normalized spacial score (nSPS) is 15.5. The number of fused-ring (bicyclic) bond motifs is 1. The predicted octanol–water partition coefficient (Wildman–Crippen LogP) is 2.83. The van der Waals surface area contributed by atoms with E-state index >= 15 is 0 Å². The second-order valence-electron chi connectivity index (χ2n) is 4.22. The summed E-state index contributed by atoms with van der Waals surface area (Å²) in [5.41, 5.74) is 1.06. The van der Waals surface area contributed by atoms with Gasteiger partial charge in [0, 0.05) is 31.6 Å². The fraction of sp³-hybridized carbons (Fsp3) is 0.308. The number of halogens is 2. The highest BCUT2D eigenvalue weighted by Gasteiger charge is 2.15. The SMILES string of the molecule is Brc1cc2ccccc2nc1N1CCNCC1.Cl. The third-order valence-corrected chi connectivity index (χ3v) is 3.66. The number of hydrogen-bond donors (Lipinski definition) is 1. The Balaban J connectivity index is 0.00000120. The first-order chi connectivity index (χ1) is 8.34. The van der Waals surface area contributed by atoms with Crippen LogP contribution >= 0.6 is 28.3 Å². The molecule has 1 fully saturated rings. The van der Waals surface area contributed by atoms with Crippen LogP contribution in [0.2, 0.25) is 0 Å². The van der Waals surface area contributed by atoms with Crippen molar-refractivity contribution in [1.82, 2.24) is 10.3 Å². The van der Waals surface area contributed by atoms with Crippen molar-refractivity contribution < 1.29 is 0 Å². The van der Waals surface area contributed by atoms with Gasteiger partial charge in [-0.3, -0.25) is 0 Å². The third kappa shape index (κ3) is 2.60. The zero-order chi connectivity index (χ0) is 11.7. The van der Waals surface area contributed by atoms with Gasteiger partial charge < -0.3 is 10.2 Å². The molecule has 3 rings (SSSR count). The van der Waals surface area contributed by atoms with Gasteiger partial charge in [0.1, 0.15) is 5.82 Å². The van der Waals surface area contributed by atoms with Crippen LogP contribution in [-0.4, -0.2) is 31.2 Å². The fourth-order valence-electron chi connectivity index (χ4n) is 2.18. The Bertz CT molecular complexity index is 541. The van der Waals surface area contributed by atoms with Crippen molar-refractivity contribution in [2.24, 2.45) is 0 Å². The van der Waals surface area contributed by atoms with Crippen LogP contribution in [0.4, 0.5) is 5.82 Å². The van der Waals surface area contributed by atoms with Gasteiger partial charge in [-0.05, 0) is 28.1 Å². The van der Waals surface area contributed by atoms with E-state index in [-0.39, 0.29) is 12.4 Å². The summed E-state index contributed by atoms with van der Waals surface area (Å²) >= 11 is 3.63. The molecule has 1 saturated heterocycles. The number of pyridine rings is 1. The number of para-hydroxylation sites is 1. The maximum atomic E-state index is 4.75. The Hall–Kier alpha value is -0.840. The van der Waals surface area contributed by atoms with Crippen LogP contribution in [0.5, 0.6) is 0 Å². The number of nitrogens with zero attached hydrogens (tertiary/aromatic N) is 2. The molecule has 1 aliphatic rings. The van der Waals surface area contributed by atoms with Crippen molar-refractivity contribution in [3.8, 4) is 0 Å². The lowest BCUT2D eigenvalue weighted by Crippen LogP contribution is -2.44. The topological polar surface area (TPSA) is 28.2 Å². The van der Waals surface area contributed by atoms with Gasteiger partial charge in [0.15, 0.2) is 0 Å². The van der Waals surface area contributed by atoms with Gasteiger partial charge in [-0.25, -0.2) is 4.98 Å². The first-order valence-corrected chi connectivity index (χ1v) is 6.65. The lowest BCUT2D eigenvalue weighted by atomic mass is 10.2. The summed E-state index contributed by atoms with van der Waals surface area (Å²) in [5, 5.41) is 4.54. The molecule has 0 spiro atoms. The Morgan fingerprint density at radius 2 is 1.89 bits per heavy atom. The predicted molar refractivity (Wildman–Crippen MR) is 81.8 cm³/mol. The van der Waals surface area contributed by atoms with E-state index in [4.69, 9.17) is 4.98 Å². The first-order valence-electron chi connectivity index (χ1n) is 5.85. The summed E-state index contributed by atoms with van der Waals surface area (Å²) in [6.45, 7) is 4.09. The smallest absolute Gasteiger partial charge is 0.143 e. The van der Waals surface area contributed by atoms with Crippen molar-refractivity contribution in [2.75, 3.05) is 31.1 Å². The number of benzene rings is 1. The summed E-state index contributed by atoms with van der Waals surface area (Å²) in [5.74, 6) is 1.06. The molecule has 1 aliphatic heterocycles. The molecule has 2 heterocycles. The lowest BCUT2D eigenvalue weighted by molar-refractivity contribution is 0.585. The summed E-state index contributed by atoms with van der Waals surface area (Å²) in [7, 11) is 0. The van der Waals surface area contributed by atoms with E-state index in [1.807, 2.05) is 12.1 Å². The minimum atomic E-state index is 0. The van der Waals surface area contributed by atoms with Crippen LogP contribution < -0.4 is 10.2 Å². The minimum Gasteiger partial charge on any atom is -0.353 e. The van der Waals surface area contributed by atoms with E-state index in [0.717, 1.165) is 42.0 Å². The largest absolute Gasteiger partial charge is 0.353 e. The Kier molecular flexibility index (Phi) is 4.43. The first kappa shape index (κ1) is 13.6. The second kappa shape index (κ2) is 5.87. The van der Waals surface area contributed by atoms with Crippen LogP contribution in [0.15, 0.2) is 34.8 Å². The fourth-order valence-corrected chi connectivity index (χ4v) is 2.76. The van der Waals surface area contributed by atoms with E-state index in [1.165, 1.54) is 5.39 Å². The Morgan fingerprint density at radius 3 is 2.67 bits per heavy atom. The maximum Gasteiger partial charge on any atom is 0.143 e. The molecular formula is C13H15BrClN3. The summed E-state index contributed by atoms with van der Waals surface area (Å²) < 4.78 is 1.08. The molecule has 1 aromatic heterocycles. The summed E-state index contributed by atoms with van der Waals surface area (Å²) in [6.07, 6.45) is 0. The number of aromatic nitrogens is 1.